The lowest BCUT2D eigenvalue weighted by Gasteiger charge is -2.03. The number of hydrazone groups is 1. The number of benzene rings is 1. The van der Waals surface area contributed by atoms with E-state index in [1.807, 2.05) is 18.2 Å². The van der Waals surface area contributed by atoms with Gasteiger partial charge in [-0.15, -0.1) is 11.3 Å². The van der Waals surface area contributed by atoms with Crippen LogP contribution in [0.4, 0.5) is 0 Å². The van der Waals surface area contributed by atoms with E-state index in [4.69, 9.17) is 9.84 Å². The second kappa shape index (κ2) is 7.20. The van der Waals surface area contributed by atoms with E-state index in [0.29, 0.717) is 10.6 Å². The number of thiophene rings is 1. The van der Waals surface area contributed by atoms with E-state index in [-0.39, 0.29) is 11.5 Å². The summed E-state index contributed by atoms with van der Waals surface area (Å²) in [4.78, 5) is 23.0. The molecule has 0 bridgehead atoms. The maximum absolute atomic E-state index is 11.5. The molecule has 1 heterocycles. The summed E-state index contributed by atoms with van der Waals surface area (Å²) < 4.78 is 5.25. The van der Waals surface area contributed by atoms with Crippen LogP contribution in [0.25, 0.3) is 0 Å². The molecule has 108 valence electrons. The number of nitrogens with zero attached hydrogens (tertiary/aromatic N) is 1. The van der Waals surface area contributed by atoms with Gasteiger partial charge in [0, 0.05) is 4.88 Å². The van der Waals surface area contributed by atoms with Gasteiger partial charge >= 0.3 is 5.97 Å². The quantitative estimate of drug-likeness (QED) is 0.631. The molecule has 0 aliphatic rings. The molecular weight excluding hydrogens is 292 g/mol. The van der Waals surface area contributed by atoms with Crippen LogP contribution in [0.15, 0.2) is 47.6 Å². The van der Waals surface area contributed by atoms with Crippen LogP contribution in [0.5, 0.6) is 5.75 Å². The lowest BCUT2D eigenvalue weighted by atomic mass is 10.3. The molecule has 21 heavy (non-hydrogen) atoms. The second-order valence-corrected chi connectivity index (χ2v) is 5.02. The number of rotatable bonds is 6. The molecule has 0 radical (unpaired) electrons. The van der Waals surface area contributed by atoms with Crippen molar-refractivity contribution in [2.45, 2.75) is 0 Å². The molecule has 2 aromatic rings. The standard InChI is InChI=1S/C14H12N2O4S/c17-13(9-20-10-4-2-1-3-5-10)16-15-8-11-6-7-12(21-11)14(18)19/h1-8H,9H2,(H,16,17)(H,18,19)/b15-8+. The number of carboxylic acid groups (broad SMARTS) is 1. The highest BCUT2D eigenvalue weighted by Gasteiger charge is 2.05. The minimum atomic E-state index is -0.986. The third-order valence-electron chi connectivity index (χ3n) is 2.33. The van der Waals surface area contributed by atoms with Crippen LogP contribution in [-0.2, 0) is 4.79 Å². The monoisotopic (exact) mass is 304 g/mol. The summed E-state index contributed by atoms with van der Waals surface area (Å²) >= 11 is 1.07. The summed E-state index contributed by atoms with van der Waals surface area (Å²) in [6.07, 6.45) is 1.39. The first kappa shape index (κ1) is 14.7. The fraction of sp³-hybridized carbons (Fsp3) is 0.0714. The Morgan fingerprint density at radius 2 is 2.00 bits per heavy atom. The van der Waals surface area contributed by atoms with Crippen LogP contribution in [-0.4, -0.2) is 29.8 Å². The van der Waals surface area contributed by atoms with Crippen LogP contribution in [0.3, 0.4) is 0 Å². The van der Waals surface area contributed by atoms with E-state index in [1.54, 1.807) is 18.2 Å². The Hall–Kier alpha value is -2.67. The van der Waals surface area contributed by atoms with E-state index >= 15 is 0 Å². The van der Waals surface area contributed by atoms with Crippen molar-refractivity contribution in [3.63, 3.8) is 0 Å². The predicted octanol–water partition coefficient (Wildman–Crippen LogP) is 1.98. The van der Waals surface area contributed by atoms with E-state index in [2.05, 4.69) is 10.5 Å². The smallest absolute Gasteiger partial charge is 0.345 e. The molecule has 0 aliphatic heterocycles. The molecule has 1 aromatic heterocycles. The van der Waals surface area contributed by atoms with Gasteiger partial charge in [-0.05, 0) is 24.3 Å². The fourth-order valence-electron chi connectivity index (χ4n) is 1.40. The Bertz CT molecular complexity index is 652. The van der Waals surface area contributed by atoms with E-state index in [0.717, 1.165) is 11.3 Å². The number of carbonyl (C=O) groups is 2. The highest BCUT2D eigenvalue weighted by molar-refractivity contribution is 7.15. The van der Waals surface area contributed by atoms with Gasteiger partial charge in [-0.2, -0.15) is 5.10 Å². The number of hydrogen-bond acceptors (Lipinski definition) is 5. The first-order valence-electron chi connectivity index (χ1n) is 5.98. The zero-order valence-corrected chi connectivity index (χ0v) is 11.7. The molecular formula is C14H12N2O4S. The molecule has 0 unspecified atom stereocenters. The van der Waals surface area contributed by atoms with Crippen molar-refractivity contribution < 1.29 is 19.4 Å². The zero-order chi connectivity index (χ0) is 15.1. The van der Waals surface area contributed by atoms with Crippen molar-refractivity contribution in [1.29, 1.82) is 0 Å². The lowest BCUT2D eigenvalue weighted by molar-refractivity contribution is -0.123. The van der Waals surface area contributed by atoms with Crippen molar-refractivity contribution in [3.05, 3.63) is 52.2 Å². The highest BCUT2D eigenvalue weighted by Crippen LogP contribution is 2.14. The van der Waals surface area contributed by atoms with E-state index in [1.165, 1.54) is 12.3 Å². The summed E-state index contributed by atoms with van der Waals surface area (Å²) in [5.74, 6) is -0.786. The number of para-hydroxylation sites is 1. The van der Waals surface area contributed by atoms with Crippen LogP contribution >= 0.6 is 11.3 Å². The van der Waals surface area contributed by atoms with Gasteiger partial charge < -0.3 is 9.84 Å². The summed E-state index contributed by atoms with van der Waals surface area (Å²) in [5.41, 5.74) is 2.30. The Balaban J connectivity index is 1.77. The molecule has 6 nitrogen and oxygen atoms in total. The third-order valence-corrected chi connectivity index (χ3v) is 3.34. The van der Waals surface area contributed by atoms with Crippen LogP contribution in [0.1, 0.15) is 14.5 Å². The van der Waals surface area contributed by atoms with Crippen molar-refractivity contribution >= 4 is 29.4 Å². The van der Waals surface area contributed by atoms with Crippen molar-refractivity contribution in [2.75, 3.05) is 6.61 Å². The summed E-state index contributed by atoms with van der Waals surface area (Å²) in [5, 5.41) is 12.5. The van der Waals surface area contributed by atoms with Gasteiger partial charge in [0.15, 0.2) is 6.61 Å². The van der Waals surface area contributed by atoms with Gasteiger partial charge in [0.25, 0.3) is 5.91 Å². The molecule has 7 heteroatoms. The maximum Gasteiger partial charge on any atom is 0.345 e. The van der Waals surface area contributed by atoms with E-state index < -0.39 is 11.9 Å². The average Bonchev–Trinajstić information content (AvgIpc) is 2.95. The Labute approximate surface area is 124 Å². The molecule has 0 aliphatic carbocycles. The number of amides is 1. The Morgan fingerprint density at radius 1 is 1.24 bits per heavy atom. The first-order chi connectivity index (χ1) is 10.1. The molecule has 1 aromatic carbocycles. The highest BCUT2D eigenvalue weighted by atomic mass is 32.1. The molecule has 0 atom stereocenters. The molecule has 0 saturated carbocycles. The van der Waals surface area contributed by atoms with Gasteiger partial charge in [-0.3, -0.25) is 4.79 Å². The summed E-state index contributed by atoms with van der Waals surface area (Å²) in [6, 6.07) is 12.1. The van der Waals surface area contributed by atoms with Crippen LogP contribution < -0.4 is 10.2 Å². The Morgan fingerprint density at radius 3 is 2.67 bits per heavy atom. The van der Waals surface area contributed by atoms with Gasteiger partial charge in [-0.1, -0.05) is 18.2 Å². The first-order valence-corrected chi connectivity index (χ1v) is 6.79. The minimum absolute atomic E-state index is 0.147. The van der Waals surface area contributed by atoms with Crippen LogP contribution in [0.2, 0.25) is 0 Å². The third kappa shape index (κ3) is 4.73. The number of carboxylic acids is 1. The second-order valence-electron chi connectivity index (χ2n) is 3.90. The van der Waals surface area contributed by atoms with E-state index in [9.17, 15) is 9.59 Å². The molecule has 2 rings (SSSR count). The Kier molecular flexibility index (Phi) is 5.05. The summed E-state index contributed by atoms with van der Waals surface area (Å²) in [6.45, 7) is -0.147. The SMILES string of the molecule is O=C(COc1ccccc1)N/N=C/c1ccc(C(=O)O)s1. The van der Waals surface area contributed by atoms with Gasteiger partial charge in [0.2, 0.25) is 0 Å². The number of ether oxygens (including phenoxy) is 1. The predicted molar refractivity (Wildman–Crippen MR) is 79.0 cm³/mol. The topological polar surface area (TPSA) is 88.0 Å². The average molecular weight is 304 g/mol. The molecule has 0 saturated heterocycles. The minimum Gasteiger partial charge on any atom is -0.484 e. The van der Waals surface area contributed by atoms with Crippen LogP contribution in [0, 0.1) is 0 Å². The molecule has 0 spiro atoms. The van der Waals surface area contributed by atoms with Gasteiger partial charge in [0.1, 0.15) is 10.6 Å². The molecule has 2 N–H and O–H groups in total. The zero-order valence-electron chi connectivity index (χ0n) is 10.9. The maximum atomic E-state index is 11.5. The number of hydrogen-bond donors (Lipinski definition) is 2. The summed E-state index contributed by atoms with van der Waals surface area (Å²) in [7, 11) is 0. The van der Waals surface area contributed by atoms with Gasteiger partial charge in [0.05, 0.1) is 6.21 Å². The van der Waals surface area contributed by atoms with Crippen molar-refractivity contribution in [2.24, 2.45) is 5.10 Å². The number of nitrogens with one attached hydrogen (secondary N) is 1. The number of aromatic carboxylic acids is 1. The largest absolute Gasteiger partial charge is 0.484 e. The van der Waals surface area contributed by atoms with Gasteiger partial charge in [-0.25, -0.2) is 10.2 Å². The fourth-order valence-corrected chi connectivity index (χ4v) is 2.12. The normalized spacial score (nSPS) is 10.5. The molecule has 1 amide bonds. The molecule has 0 fully saturated rings. The van der Waals surface area contributed by atoms with Crippen molar-refractivity contribution in [1.82, 2.24) is 5.43 Å². The van der Waals surface area contributed by atoms with Crippen molar-refractivity contribution in [3.8, 4) is 5.75 Å². The lowest BCUT2D eigenvalue weighted by Crippen LogP contribution is -2.24. The number of carbonyl (C=O) groups excluding carboxylic acids is 1.